The van der Waals surface area contributed by atoms with Gasteiger partial charge in [-0.1, -0.05) is 146 Å². The molecule has 0 aliphatic carbocycles. The molecule has 0 saturated heterocycles. The van der Waals surface area contributed by atoms with E-state index in [1.807, 2.05) is 30.3 Å². The van der Waals surface area contributed by atoms with Crippen molar-refractivity contribution in [2.24, 2.45) is 0 Å². The summed E-state index contributed by atoms with van der Waals surface area (Å²) in [6, 6.07) is 9.87. The van der Waals surface area contributed by atoms with E-state index in [2.05, 4.69) is 6.92 Å². The van der Waals surface area contributed by atoms with Crippen LogP contribution in [0.2, 0.25) is 0 Å². The van der Waals surface area contributed by atoms with E-state index < -0.39 is 6.07 Å². The van der Waals surface area contributed by atoms with Gasteiger partial charge in [-0.25, -0.2) is 0 Å². The van der Waals surface area contributed by atoms with Gasteiger partial charge in [-0.2, -0.15) is 0 Å². The van der Waals surface area contributed by atoms with Gasteiger partial charge in [0.2, 0.25) is 0 Å². The molecule has 0 N–H and O–H groups in total. The van der Waals surface area contributed by atoms with Gasteiger partial charge in [-0.05, 0) is 34.5 Å². The van der Waals surface area contributed by atoms with Crippen LogP contribution < -0.4 is 0 Å². The Morgan fingerprint density at radius 1 is 0.676 bits per heavy atom. The molecule has 0 spiro atoms. The average molecular weight is 580 g/mol. The van der Waals surface area contributed by atoms with Crippen LogP contribution in [0.4, 0.5) is 0 Å². The molecule has 0 amide bonds. The Morgan fingerprint density at radius 3 is 1.59 bits per heavy atom. The lowest BCUT2D eigenvalue weighted by Gasteiger charge is -2.18. The van der Waals surface area contributed by atoms with E-state index in [0.717, 1.165) is 12.0 Å². The van der Waals surface area contributed by atoms with Crippen LogP contribution in [-0.4, -0.2) is 25.9 Å². The molecule has 7 heteroatoms. The highest BCUT2D eigenvalue weighted by molar-refractivity contribution is 8.05. The van der Waals surface area contributed by atoms with Crippen LogP contribution in [0, 0.1) is 0 Å². The van der Waals surface area contributed by atoms with Crippen LogP contribution in [0.15, 0.2) is 30.3 Å². The van der Waals surface area contributed by atoms with Crippen LogP contribution in [0.5, 0.6) is 0 Å². The minimum atomic E-state index is -3.59. The summed E-state index contributed by atoms with van der Waals surface area (Å²) in [6.07, 6.45) is 20.6. The summed E-state index contributed by atoms with van der Waals surface area (Å²) < 4.78 is 28.2. The van der Waals surface area contributed by atoms with E-state index in [1.54, 1.807) is 0 Å². The Balaban J connectivity index is 1.92. The Morgan fingerprint density at radius 2 is 1.14 bits per heavy atom. The van der Waals surface area contributed by atoms with Crippen molar-refractivity contribution in [3.8, 4) is 0 Å². The van der Waals surface area contributed by atoms with Gasteiger partial charge < -0.3 is 14.0 Å². The Bertz CT molecular complexity index is 656. The predicted octanol–water partition coefficient (Wildman–Crippen LogP) is 11.2. The van der Waals surface area contributed by atoms with E-state index >= 15 is 0 Å². The van der Waals surface area contributed by atoms with Crippen molar-refractivity contribution in [3.63, 3.8) is 0 Å². The monoisotopic (exact) mass is 578 g/mol. The number of benzene rings is 1. The third kappa shape index (κ3) is 24.7. The van der Waals surface area contributed by atoms with E-state index in [9.17, 15) is 4.57 Å². The normalized spacial score (nSPS) is 12.7. The van der Waals surface area contributed by atoms with Crippen LogP contribution in [-0.2, 0) is 25.2 Å². The predicted molar refractivity (Wildman–Crippen MR) is 160 cm³/mol. The molecule has 1 atom stereocenters. The maximum Gasteiger partial charge on any atom is 0.380 e. The van der Waals surface area contributed by atoms with Crippen molar-refractivity contribution in [1.82, 2.24) is 0 Å². The fourth-order valence-corrected chi connectivity index (χ4v) is 5.10. The summed E-state index contributed by atoms with van der Waals surface area (Å²) in [5, 5.41) is 0. The summed E-state index contributed by atoms with van der Waals surface area (Å²) in [5.41, 5.74) is 1.05. The maximum atomic E-state index is 11.5. The van der Waals surface area contributed by atoms with E-state index in [-0.39, 0.29) is 12.7 Å². The van der Waals surface area contributed by atoms with Gasteiger partial charge in [-0.3, -0.25) is 4.57 Å². The summed E-state index contributed by atoms with van der Waals surface area (Å²) in [4.78, 5) is 0. The van der Waals surface area contributed by atoms with Gasteiger partial charge in [-0.15, -0.1) is 0 Å². The maximum absolute atomic E-state index is 11.5. The molecular formula is C30H53Cl2O4P. The second-order valence-corrected chi connectivity index (χ2v) is 14.5. The number of hydrogen-bond donors (Lipinski definition) is 0. The number of unbranched alkanes of at least 4 members (excludes halogenated alkanes) is 17. The first-order valence-electron chi connectivity index (χ1n) is 14.9. The molecule has 0 saturated carbocycles. The lowest BCUT2D eigenvalue weighted by molar-refractivity contribution is -0.0441. The number of halogens is 2. The largest absolute Gasteiger partial charge is 0.380 e. The molecule has 0 radical (unpaired) electrons. The third-order valence-corrected chi connectivity index (χ3v) is 7.72. The van der Waals surface area contributed by atoms with E-state index in [1.165, 1.54) is 109 Å². The quantitative estimate of drug-likeness (QED) is 0.0768. The zero-order chi connectivity index (χ0) is 26.9. The van der Waals surface area contributed by atoms with Gasteiger partial charge in [0, 0.05) is 6.61 Å². The van der Waals surface area contributed by atoms with Crippen molar-refractivity contribution in [2.75, 3.05) is 19.8 Å². The number of rotatable bonds is 27. The van der Waals surface area contributed by atoms with E-state index in [0.29, 0.717) is 19.8 Å². The summed E-state index contributed by atoms with van der Waals surface area (Å²) in [5.74, 6) is 0. The average Bonchev–Trinajstić information content (AvgIpc) is 2.88. The minimum Gasteiger partial charge on any atom is -0.379 e. The first kappa shape index (κ1) is 34.9. The zero-order valence-corrected chi connectivity index (χ0v) is 25.8. The van der Waals surface area contributed by atoms with Crippen molar-refractivity contribution in [1.29, 1.82) is 0 Å². The van der Waals surface area contributed by atoms with Gasteiger partial charge >= 0.3 is 6.07 Å². The molecule has 0 heterocycles. The number of hydrogen-bond acceptors (Lipinski definition) is 4. The zero-order valence-electron chi connectivity index (χ0n) is 23.4. The minimum absolute atomic E-state index is 0.0379. The second-order valence-electron chi connectivity index (χ2n) is 10.2. The standard InChI is InChI=1S/C30H53Cl2O4P/c1-2-3-4-5-6-7-8-9-10-11-12-13-14-15-16-17-18-22-25-34-27-30(28-36-37(31,32)33)35-26-29-23-20-19-21-24-29/h19-21,23-24,30H,2-18,22,25-28H2,1H3. The lowest BCUT2D eigenvalue weighted by Crippen LogP contribution is -2.25. The van der Waals surface area contributed by atoms with Gasteiger partial charge in [0.15, 0.2) is 0 Å². The molecule has 0 bridgehead atoms. The molecule has 1 aromatic rings. The Kier molecular flexibility index (Phi) is 23.5. The molecule has 1 unspecified atom stereocenters. The van der Waals surface area contributed by atoms with Gasteiger partial charge in [0.25, 0.3) is 0 Å². The van der Waals surface area contributed by atoms with Gasteiger partial charge in [0.05, 0.1) is 19.8 Å². The van der Waals surface area contributed by atoms with Crippen molar-refractivity contribution in [3.05, 3.63) is 35.9 Å². The van der Waals surface area contributed by atoms with Crippen LogP contribution in [0.25, 0.3) is 0 Å². The summed E-state index contributed by atoms with van der Waals surface area (Å²) >= 11 is 11.0. The highest BCUT2D eigenvalue weighted by Crippen LogP contribution is 2.57. The van der Waals surface area contributed by atoms with Gasteiger partial charge in [0.1, 0.15) is 6.10 Å². The molecule has 4 nitrogen and oxygen atoms in total. The smallest absolute Gasteiger partial charge is 0.379 e. The highest BCUT2D eigenvalue weighted by atomic mass is 35.9. The molecule has 1 aromatic carbocycles. The summed E-state index contributed by atoms with van der Waals surface area (Å²) in [7, 11) is 0. The second kappa shape index (κ2) is 24.9. The first-order chi connectivity index (χ1) is 18.0. The van der Waals surface area contributed by atoms with Crippen LogP contribution in [0.1, 0.15) is 128 Å². The highest BCUT2D eigenvalue weighted by Gasteiger charge is 2.19. The molecule has 216 valence electrons. The SMILES string of the molecule is CCCCCCCCCCCCCCCCCCCCOCC(COP(=O)(Cl)Cl)OCc1ccccc1. The molecule has 0 aliphatic heterocycles. The van der Waals surface area contributed by atoms with Crippen LogP contribution >= 0.6 is 28.6 Å². The topological polar surface area (TPSA) is 44.8 Å². The van der Waals surface area contributed by atoms with Crippen LogP contribution in [0.3, 0.4) is 0 Å². The molecule has 0 fully saturated rings. The molecule has 37 heavy (non-hydrogen) atoms. The van der Waals surface area contributed by atoms with E-state index in [4.69, 9.17) is 36.5 Å². The van der Waals surface area contributed by atoms with Crippen molar-refractivity contribution in [2.45, 2.75) is 135 Å². The number of ether oxygens (including phenoxy) is 2. The molecule has 1 rings (SSSR count). The first-order valence-corrected chi connectivity index (χ1v) is 18.3. The Hall–Kier alpha value is -0.0900. The molecule has 0 aliphatic rings. The van der Waals surface area contributed by atoms with Crippen molar-refractivity contribution < 1.29 is 18.6 Å². The fourth-order valence-electron chi connectivity index (χ4n) is 4.42. The lowest BCUT2D eigenvalue weighted by atomic mass is 10.0. The molecule has 0 aromatic heterocycles. The molecular weight excluding hydrogens is 526 g/mol. The Labute approximate surface area is 237 Å². The fraction of sp³-hybridized carbons (Fsp3) is 0.800. The van der Waals surface area contributed by atoms with Crippen molar-refractivity contribution >= 4 is 28.6 Å². The third-order valence-electron chi connectivity index (χ3n) is 6.69. The summed E-state index contributed by atoms with van der Waals surface area (Å²) in [6.45, 7) is 3.79.